The molecule has 1 aliphatic rings. The van der Waals surface area contributed by atoms with Crippen molar-refractivity contribution >= 4 is 5.91 Å². The molecule has 1 saturated heterocycles. The van der Waals surface area contributed by atoms with Gasteiger partial charge in [-0.3, -0.25) is 10.2 Å². The molecule has 3 N–H and O–H groups in total. The van der Waals surface area contributed by atoms with Crippen LogP contribution in [0.5, 0.6) is 11.5 Å². The van der Waals surface area contributed by atoms with Crippen LogP contribution in [0.15, 0.2) is 48.5 Å². The third kappa shape index (κ3) is 4.33. The van der Waals surface area contributed by atoms with Crippen molar-refractivity contribution in [2.24, 2.45) is 0 Å². The zero-order chi connectivity index (χ0) is 18.5. The van der Waals surface area contributed by atoms with Gasteiger partial charge < -0.3 is 14.8 Å². The van der Waals surface area contributed by atoms with Gasteiger partial charge >= 0.3 is 0 Å². The summed E-state index contributed by atoms with van der Waals surface area (Å²) >= 11 is 0. The fourth-order valence-corrected chi connectivity index (χ4v) is 3.23. The summed E-state index contributed by atoms with van der Waals surface area (Å²) in [6.45, 7) is 4.11. The molecule has 0 aromatic heterocycles. The van der Waals surface area contributed by atoms with Crippen LogP contribution in [-0.4, -0.2) is 31.8 Å². The molecule has 1 aliphatic heterocycles. The molecule has 0 aliphatic carbocycles. The van der Waals surface area contributed by atoms with Crippen molar-refractivity contribution in [1.29, 1.82) is 0 Å². The molecule has 6 nitrogen and oxygen atoms in total. The van der Waals surface area contributed by atoms with Crippen LogP contribution in [-0.2, 0) is 4.79 Å². The minimum atomic E-state index is -0.201. The van der Waals surface area contributed by atoms with E-state index in [0.29, 0.717) is 11.5 Å². The molecule has 3 unspecified atom stereocenters. The van der Waals surface area contributed by atoms with Crippen LogP contribution in [0.25, 0.3) is 0 Å². The molecule has 1 amide bonds. The maximum Gasteiger partial charge on any atom is 0.259 e. The van der Waals surface area contributed by atoms with Gasteiger partial charge in [-0.1, -0.05) is 35.9 Å². The van der Waals surface area contributed by atoms with Gasteiger partial charge in [-0.15, -0.1) is 0 Å². The standard InChI is InChI=1S/C20H25N3O3/c1-13-6-4-7-15(10-13)19-14(2)22-23-20(19)21-18(24)12-26-17-9-5-8-16(11-17)25-3/h4-11,14,19-20,22-23H,12H2,1-3H3,(H,21,24). The molecule has 0 radical (unpaired) electrons. The van der Waals surface area contributed by atoms with E-state index in [-0.39, 0.29) is 30.6 Å². The van der Waals surface area contributed by atoms with Gasteiger partial charge in [0.25, 0.3) is 5.91 Å². The van der Waals surface area contributed by atoms with E-state index in [1.807, 2.05) is 18.2 Å². The maximum atomic E-state index is 12.3. The van der Waals surface area contributed by atoms with E-state index in [0.717, 1.165) is 0 Å². The molecule has 3 atom stereocenters. The summed E-state index contributed by atoms with van der Waals surface area (Å²) in [7, 11) is 1.59. The summed E-state index contributed by atoms with van der Waals surface area (Å²) in [5.74, 6) is 1.24. The summed E-state index contributed by atoms with van der Waals surface area (Å²) in [5, 5.41) is 3.01. The highest BCUT2D eigenvalue weighted by Gasteiger charge is 2.35. The van der Waals surface area contributed by atoms with Crippen LogP contribution in [0.1, 0.15) is 24.0 Å². The van der Waals surface area contributed by atoms with Crippen molar-refractivity contribution in [3.63, 3.8) is 0 Å². The SMILES string of the molecule is COc1cccc(OCC(=O)NC2NNC(C)C2c2cccc(C)c2)c1. The number of benzene rings is 2. The van der Waals surface area contributed by atoms with Gasteiger partial charge in [-0.2, -0.15) is 0 Å². The Morgan fingerprint density at radius 2 is 1.88 bits per heavy atom. The number of carbonyl (C=O) groups excluding carboxylic acids is 1. The fraction of sp³-hybridized carbons (Fsp3) is 0.350. The average Bonchev–Trinajstić information content (AvgIpc) is 3.00. The lowest BCUT2D eigenvalue weighted by Gasteiger charge is -2.23. The third-order valence-corrected chi connectivity index (χ3v) is 4.52. The van der Waals surface area contributed by atoms with Crippen molar-refractivity contribution in [3.8, 4) is 11.5 Å². The zero-order valence-electron chi connectivity index (χ0n) is 15.3. The monoisotopic (exact) mass is 355 g/mol. The lowest BCUT2D eigenvalue weighted by molar-refractivity contribution is -0.124. The Labute approximate surface area is 153 Å². The topological polar surface area (TPSA) is 71.6 Å². The molecule has 1 heterocycles. The first-order valence-corrected chi connectivity index (χ1v) is 8.70. The van der Waals surface area contributed by atoms with E-state index in [9.17, 15) is 4.79 Å². The molecule has 26 heavy (non-hydrogen) atoms. The Morgan fingerprint density at radius 3 is 2.65 bits per heavy atom. The molecule has 0 saturated carbocycles. The van der Waals surface area contributed by atoms with Crippen LogP contribution in [0.3, 0.4) is 0 Å². The number of nitrogens with one attached hydrogen (secondary N) is 3. The van der Waals surface area contributed by atoms with Crippen molar-refractivity contribution in [2.75, 3.05) is 13.7 Å². The quantitative estimate of drug-likeness (QED) is 0.740. The number of carbonyl (C=O) groups is 1. The van der Waals surface area contributed by atoms with Gasteiger partial charge in [-0.25, -0.2) is 5.43 Å². The summed E-state index contributed by atoms with van der Waals surface area (Å²) in [6.07, 6.45) is -0.201. The van der Waals surface area contributed by atoms with Crippen molar-refractivity contribution < 1.29 is 14.3 Å². The number of ether oxygens (including phenoxy) is 2. The number of hydrazine groups is 1. The van der Waals surface area contributed by atoms with E-state index in [4.69, 9.17) is 9.47 Å². The summed E-state index contributed by atoms with van der Waals surface area (Å²) in [4.78, 5) is 12.3. The van der Waals surface area contributed by atoms with E-state index in [2.05, 4.69) is 48.2 Å². The second-order valence-corrected chi connectivity index (χ2v) is 6.53. The molecule has 0 bridgehead atoms. The number of aryl methyl sites for hydroxylation is 1. The van der Waals surface area contributed by atoms with Crippen molar-refractivity contribution in [2.45, 2.75) is 32.0 Å². The first-order chi connectivity index (χ1) is 12.6. The Balaban J connectivity index is 1.60. The van der Waals surface area contributed by atoms with E-state index in [1.54, 1.807) is 19.2 Å². The third-order valence-electron chi connectivity index (χ3n) is 4.52. The maximum absolute atomic E-state index is 12.3. The first kappa shape index (κ1) is 18.2. The smallest absolute Gasteiger partial charge is 0.259 e. The molecule has 2 aromatic rings. The molecule has 1 fully saturated rings. The lowest BCUT2D eigenvalue weighted by Crippen LogP contribution is -2.47. The molecular weight excluding hydrogens is 330 g/mol. The van der Waals surface area contributed by atoms with Gasteiger partial charge in [0.2, 0.25) is 0 Å². The molecule has 0 spiro atoms. The van der Waals surface area contributed by atoms with E-state index in [1.165, 1.54) is 11.1 Å². The van der Waals surface area contributed by atoms with Gasteiger partial charge in [-0.05, 0) is 31.5 Å². The highest BCUT2D eigenvalue weighted by atomic mass is 16.5. The predicted octanol–water partition coefficient (Wildman–Crippen LogP) is 2.10. The Kier molecular flexibility index (Phi) is 5.75. The summed E-state index contributed by atoms with van der Waals surface area (Å²) in [6, 6.07) is 15.7. The number of methoxy groups -OCH3 is 1. The second-order valence-electron chi connectivity index (χ2n) is 6.53. The van der Waals surface area contributed by atoms with E-state index >= 15 is 0 Å². The first-order valence-electron chi connectivity index (χ1n) is 8.70. The number of rotatable bonds is 6. The largest absolute Gasteiger partial charge is 0.497 e. The molecule has 6 heteroatoms. The average molecular weight is 355 g/mol. The lowest BCUT2D eigenvalue weighted by atomic mass is 9.90. The van der Waals surface area contributed by atoms with Crippen LogP contribution in [0, 0.1) is 6.92 Å². The Hall–Kier alpha value is -2.57. The zero-order valence-corrected chi connectivity index (χ0v) is 15.3. The Bertz CT molecular complexity index is 765. The highest BCUT2D eigenvalue weighted by molar-refractivity contribution is 5.78. The predicted molar refractivity (Wildman–Crippen MR) is 100 cm³/mol. The Morgan fingerprint density at radius 1 is 1.12 bits per heavy atom. The molecular formula is C20H25N3O3. The molecule has 3 rings (SSSR count). The minimum Gasteiger partial charge on any atom is -0.497 e. The number of amides is 1. The van der Waals surface area contributed by atoms with Gasteiger partial charge in [0.15, 0.2) is 6.61 Å². The highest BCUT2D eigenvalue weighted by Crippen LogP contribution is 2.26. The normalized spacial score (nSPS) is 22.0. The van der Waals surface area contributed by atoms with Crippen molar-refractivity contribution in [1.82, 2.24) is 16.2 Å². The van der Waals surface area contributed by atoms with Gasteiger partial charge in [0.1, 0.15) is 17.7 Å². The number of hydrogen-bond donors (Lipinski definition) is 3. The molecule has 138 valence electrons. The number of hydrogen-bond acceptors (Lipinski definition) is 5. The van der Waals surface area contributed by atoms with Crippen molar-refractivity contribution in [3.05, 3.63) is 59.7 Å². The van der Waals surface area contributed by atoms with Crippen LogP contribution in [0.2, 0.25) is 0 Å². The van der Waals surface area contributed by atoms with Crippen LogP contribution >= 0.6 is 0 Å². The van der Waals surface area contributed by atoms with Crippen LogP contribution in [0.4, 0.5) is 0 Å². The van der Waals surface area contributed by atoms with Crippen LogP contribution < -0.4 is 25.6 Å². The van der Waals surface area contributed by atoms with Gasteiger partial charge in [0.05, 0.1) is 7.11 Å². The fourth-order valence-electron chi connectivity index (χ4n) is 3.23. The second kappa shape index (κ2) is 8.21. The molecule has 2 aromatic carbocycles. The van der Waals surface area contributed by atoms with Gasteiger partial charge in [0, 0.05) is 18.0 Å². The summed E-state index contributed by atoms with van der Waals surface area (Å²) in [5.41, 5.74) is 8.76. The summed E-state index contributed by atoms with van der Waals surface area (Å²) < 4.78 is 10.7. The van der Waals surface area contributed by atoms with E-state index < -0.39 is 0 Å². The minimum absolute atomic E-state index is 0.0553.